The highest BCUT2D eigenvalue weighted by Crippen LogP contribution is 2.33. The van der Waals surface area contributed by atoms with E-state index in [2.05, 4.69) is 5.32 Å². The third-order valence-electron chi connectivity index (χ3n) is 3.50. The van der Waals surface area contributed by atoms with Gasteiger partial charge in [0.2, 0.25) is 0 Å². The van der Waals surface area contributed by atoms with Gasteiger partial charge in [-0.05, 0) is 57.0 Å². The highest BCUT2D eigenvalue weighted by Gasteiger charge is 2.24. The van der Waals surface area contributed by atoms with Gasteiger partial charge in [-0.25, -0.2) is 0 Å². The number of rotatable bonds is 5. The molecule has 2 heteroatoms. The van der Waals surface area contributed by atoms with E-state index < -0.39 is 0 Å². The van der Waals surface area contributed by atoms with E-state index in [1.54, 1.807) is 0 Å². The Morgan fingerprint density at radius 3 is 2.43 bits per heavy atom. The molecule has 1 aliphatic heterocycles. The average Bonchev–Trinajstić information content (AvgIpc) is 3.00. The Hall–Kier alpha value is -0.370. The van der Waals surface area contributed by atoms with Gasteiger partial charge in [0.05, 0.1) is 0 Å². The quantitative estimate of drug-likeness (QED) is 0.728. The minimum absolute atomic E-state index is 0.519. The number of nitrogens with one attached hydrogen (secondary N) is 1. The monoisotopic (exact) mass is 195 g/mol. The molecule has 0 aromatic carbocycles. The van der Waals surface area contributed by atoms with Crippen LogP contribution in [-0.2, 0) is 4.79 Å². The first-order valence-electron chi connectivity index (χ1n) is 6.07. The lowest BCUT2D eigenvalue weighted by Crippen LogP contribution is -2.28. The lowest BCUT2D eigenvalue weighted by molar-refractivity contribution is -0.119. The van der Waals surface area contributed by atoms with Crippen LogP contribution in [0.4, 0.5) is 0 Å². The van der Waals surface area contributed by atoms with Crippen molar-refractivity contribution in [3.8, 4) is 0 Å². The van der Waals surface area contributed by atoms with Gasteiger partial charge >= 0.3 is 0 Å². The van der Waals surface area contributed by atoms with Gasteiger partial charge in [0.1, 0.15) is 5.78 Å². The normalized spacial score (nSPS) is 23.7. The van der Waals surface area contributed by atoms with E-state index in [9.17, 15) is 4.79 Å². The van der Waals surface area contributed by atoms with Crippen molar-refractivity contribution in [2.24, 2.45) is 11.8 Å². The van der Waals surface area contributed by atoms with Crippen molar-refractivity contribution in [1.29, 1.82) is 0 Å². The molecule has 0 atom stereocenters. The predicted molar refractivity (Wildman–Crippen MR) is 57.2 cm³/mol. The van der Waals surface area contributed by atoms with Crippen LogP contribution in [0.5, 0.6) is 0 Å². The van der Waals surface area contributed by atoms with Gasteiger partial charge in [0.15, 0.2) is 0 Å². The molecule has 1 aliphatic carbocycles. The van der Waals surface area contributed by atoms with Crippen LogP contribution in [0.15, 0.2) is 0 Å². The summed E-state index contributed by atoms with van der Waals surface area (Å²) in [5.74, 6) is 2.11. The van der Waals surface area contributed by atoms with Crippen LogP contribution in [0, 0.1) is 11.8 Å². The summed E-state index contributed by atoms with van der Waals surface area (Å²) in [6.45, 7) is 2.31. The number of piperidine rings is 1. The molecule has 0 bridgehead atoms. The maximum atomic E-state index is 11.5. The lowest BCUT2D eigenvalue weighted by Gasteiger charge is -2.22. The van der Waals surface area contributed by atoms with Crippen molar-refractivity contribution < 1.29 is 4.79 Å². The van der Waals surface area contributed by atoms with Gasteiger partial charge < -0.3 is 5.32 Å². The molecular formula is C12H21NO. The van der Waals surface area contributed by atoms with Crippen molar-refractivity contribution >= 4 is 5.78 Å². The number of ketones is 1. The summed E-state index contributed by atoms with van der Waals surface area (Å²) < 4.78 is 0. The van der Waals surface area contributed by atoms with Crippen molar-refractivity contribution in [2.45, 2.75) is 44.9 Å². The van der Waals surface area contributed by atoms with E-state index in [0.29, 0.717) is 5.78 Å². The summed E-state index contributed by atoms with van der Waals surface area (Å²) in [5, 5.41) is 3.36. The van der Waals surface area contributed by atoms with E-state index >= 15 is 0 Å². The molecule has 2 aliphatic rings. The Labute approximate surface area is 86.5 Å². The fourth-order valence-electron chi connectivity index (χ4n) is 2.28. The van der Waals surface area contributed by atoms with Crippen molar-refractivity contribution in [3.63, 3.8) is 0 Å². The van der Waals surface area contributed by atoms with Crippen LogP contribution >= 0.6 is 0 Å². The average molecular weight is 195 g/mol. The summed E-state index contributed by atoms with van der Waals surface area (Å²) >= 11 is 0. The van der Waals surface area contributed by atoms with Gasteiger partial charge in [-0.3, -0.25) is 4.79 Å². The molecule has 0 aromatic heterocycles. The second-order valence-corrected chi connectivity index (χ2v) is 4.92. The largest absolute Gasteiger partial charge is 0.317 e. The first-order chi connectivity index (χ1) is 6.84. The molecule has 0 unspecified atom stereocenters. The number of carbonyl (C=O) groups is 1. The van der Waals surface area contributed by atoms with E-state index in [-0.39, 0.29) is 0 Å². The van der Waals surface area contributed by atoms with Gasteiger partial charge in [-0.1, -0.05) is 0 Å². The molecule has 0 radical (unpaired) electrons. The molecule has 0 spiro atoms. The third kappa shape index (κ3) is 3.41. The molecule has 2 fully saturated rings. The van der Waals surface area contributed by atoms with Crippen molar-refractivity contribution in [3.05, 3.63) is 0 Å². The Kier molecular flexibility index (Phi) is 3.57. The van der Waals surface area contributed by atoms with Crippen LogP contribution < -0.4 is 5.32 Å². The molecular weight excluding hydrogens is 174 g/mol. The van der Waals surface area contributed by atoms with Crippen LogP contribution in [0.3, 0.4) is 0 Å². The summed E-state index contributed by atoms with van der Waals surface area (Å²) in [6, 6.07) is 0. The van der Waals surface area contributed by atoms with E-state index in [1.165, 1.54) is 25.7 Å². The zero-order chi connectivity index (χ0) is 9.80. The first kappa shape index (κ1) is 10.2. The van der Waals surface area contributed by atoms with Gasteiger partial charge in [-0.15, -0.1) is 0 Å². The van der Waals surface area contributed by atoms with Gasteiger partial charge in [0, 0.05) is 12.8 Å². The van der Waals surface area contributed by atoms with Crippen LogP contribution in [-0.4, -0.2) is 18.9 Å². The van der Waals surface area contributed by atoms with Crippen LogP contribution in [0.1, 0.15) is 44.9 Å². The van der Waals surface area contributed by atoms with Crippen molar-refractivity contribution in [1.82, 2.24) is 5.32 Å². The Balaban J connectivity index is 1.57. The molecule has 1 N–H and O–H groups in total. The summed E-state index contributed by atoms with van der Waals surface area (Å²) in [7, 11) is 0. The van der Waals surface area contributed by atoms with Crippen LogP contribution in [0.25, 0.3) is 0 Å². The van der Waals surface area contributed by atoms with E-state index in [0.717, 1.165) is 44.2 Å². The molecule has 2 rings (SSSR count). The molecule has 1 saturated carbocycles. The molecule has 1 saturated heterocycles. The van der Waals surface area contributed by atoms with E-state index in [4.69, 9.17) is 0 Å². The first-order valence-corrected chi connectivity index (χ1v) is 6.07. The number of hydrogen-bond donors (Lipinski definition) is 1. The molecule has 80 valence electrons. The highest BCUT2D eigenvalue weighted by molar-refractivity contribution is 5.78. The molecule has 0 aromatic rings. The second kappa shape index (κ2) is 4.92. The fraction of sp³-hybridized carbons (Fsp3) is 0.917. The van der Waals surface area contributed by atoms with Gasteiger partial charge in [0.25, 0.3) is 0 Å². The number of hydrogen-bond acceptors (Lipinski definition) is 2. The maximum absolute atomic E-state index is 11.5. The van der Waals surface area contributed by atoms with Gasteiger partial charge in [-0.2, -0.15) is 0 Å². The Morgan fingerprint density at radius 1 is 1.07 bits per heavy atom. The Morgan fingerprint density at radius 2 is 1.79 bits per heavy atom. The molecule has 0 amide bonds. The van der Waals surface area contributed by atoms with Crippen LogP contribution in [0.2, 0.25) is 0 Å². The maximum Gasteiger partial charge on any atom is 0.133 e. The summed E-state index contributed by atoms with van der Waals surface area (Å²) in [4.78, 5) is 11.5. The zero-order valence-corrected chi connectivity index (χ0v) is 8.93. The standard InChI is InChI=1S/C12H21NO/c14-12(9-11-1-2-11)4-3-10-5-7-13-8-6-10/h10-11,13H,1-9H2. The topological polar surface area (TPSA) is 29.1 Å². The highest BCUT2D eigenvalue weighted by atomic mass is 16.1. The minimum Gasteiger partial charge on any atom is -0.317 e. The number of Topliss-reactive ketones (excluding diaryl/α,β-unsaturated/α-hetero) is 1. The molecule has 1 heterocycles. The number of carbonyl (C=O) groups excluding carboxylic acids is 1. The Bertz CT molecular complexity index is 192. The SMILES string of the molecule is O=C(CCC1CCNCC1)CC1CC1. The molecule has 2 nitrogen and oxygen atoms in total. The van der Waals surface area contributed by atoms with E-state index in [1.807, 2.05) is 0 Å². The molecule has 14 heavy (non-hydrogen) atoms. The zero-order valence-electron chi connectivity index (χ0n) is 8.93. The minimum atomic E-state index is 0.519. The predicted octanol–water partition coefficient (Wildman–Crippen LogP) is 2.14. The summed E-state index contributed by atoms with van der Waals surface area (Å²) in [6.07, 6.45) is 8.03. The lowest BCUT2D eigenvalue weighted by atomic mass is 9.91. The summed E-state index contributed by atoms with van der Waals surface area (Å²) in [5.41, 5.74) is 0. The fourth-order valence-corrected chi connectivity index (χ4v) is 2.28. The second-order valence-electron chi connectivity index (χ2n) is 4.92. The third-order valence-corrected chi connectivity index (χ3v) is 3.50. The van der Waals surface area contributed by atoms with Crippen molar-refractivity contribution in [2.75, 3.05) is 13.1 Å². The smallest absolute Gasteiger partial charge is 0.133 e.